The third-order valence-electron chi connectivity index (χ3n) is 6.33. The molecule has 2 aromatic rings. The van der Waals surface area contributed by atoms with Crippen molar-refractivity contribution < 1.29 is 36.3 Å². The van der Waals surface area contributed by atoms with Crippen LogP contribution in [0.15, 0.2) is 35.4 Å². The highest BCUT2D eigenvalue weighted by molar-refractivity contribution is 7.92. The van der Waals surface area contributed by atoms with Gasteiger partial charge in [0.25, 0.3) is 15.9 Å². The maximum absolute atomic E-state index is 13.2. The Morgan fingerprint density at radius 1 is 1.10 bits per heavy atom. The quantitative estimate of drug-likeness (QED) is 0.414. The molecule has 10 nitrogen and oxygen atoms in total. The number of piperazine rings is 1. The van der Waals surface area contributed by atoms with Crippen molar-refractivity contribution in [2.45, 2.75) is 56.6 Å². The van der Waals surface area contributed by atoms with Gasteiger partial charge in [-0.1, -0.05) is 30.5 Å². The van der Waals surface area contributed by atoms with Crippen LogP contribution in [0.5, 0.6) is 0 Å². The summed E-state index contributed by atoms with van der Waals surface area (Å²) < 4.78 is 60.4. The minimum Gasteiger partial charge on any atom is -0.475 e. The normalized spacial score (nSPS) is 16.3. The highest BCUT2D eigenvalue weighted by Gasteiger charge is 2.38. The summed E-state index contributed by atoms with van der Waals surface area (Å²) in [5.41, 5.74) is 2.34. The molecule has 0 spiro atoms. The fraction of sp³-hybridized carbons (Fsp3) is 0.480. The lowest BCUT2D eigenvalue weighted by Gasteiger charge is -2.30. The summed E-state index contributed by atoms with van der Waals surface area (Å²) >= 11 is 0. The van der Waals surface area contributed by atoms with Gasteiger partial charge in [-0.05, 0) is 44.4 Å². The van der Waals surface area contributed by atoms with E-state index in [-0.39, 0.29) is 22.5 Å². The van der Waals surface area contributed by atoms with E-state index in [9.17, 15) is 26.4 Å². The smallest absolute Gasteiger partial charge is 0.475 e. The van der Waals surface area contributed by atoms with E-state index in [1.54, 1.807) is 25.1 Å². The molecule has 0 radical (unpaired) electrons. The first-order chi connectivity index (χ1) is 18.3. The molecule has 0 bridgehead atoms. The Balaban J connectivity index is 0.000000532. The summed E-state index contributed by atoms with van der Waals surface area (Å²) in [6.45, 7) is 6.80. The van der Waals surface area contributed by atoms with Crippen molar-refractivity contribution in [2.24, 2.45) is 0 Å². The summed E-state index contributed by atoms with van der Waals surface area (Å²) in [5, 5.41) is 13.5. The van der Waals surface area contributed by atoms with E-state index in [1.165, 1.54) is 6.20 Å². The third-order valence-corrected chi connectivity index (χ3v) is 7.87. The number of amides is 1. The highest BCUT2D eigenvalue weighted by Crippen LogP contribution is 2.26. The SMILES string of the molecule is Cc1ccc(S(=O)(=O)Nc2cnc(N3CCNCC3)c(C(=O)NC3CCCC3)c2)c(C)c1.O=C(O)C(F)(F)F. The standard InChI is InChI=1S/C23H31N5O3S.C2HF3O2/c1-16-7-8-21(17(2)13-16)32(30,31)27-19-14-20(23(29)26-18-5-3-4-6-18)22(25-15-19)28-11-9-24-10-12-28;3-2(4,5)1(6)7/h7-8,13-15,18,24,27H,3-6,9-12H2,1-2H3,(H,26,29);(H,6,7). The molecule has 4 N–H and O–H groups in total. The number of aliphatic carboxylic acids is 1. The largest absolute Gasteiger partial charge is 0.490 e. The number of carboxylic acids is 1. The second kappa shape index (κ2) is 12.6. The van der Waals surface area contributed by atoms with Crippen LogP contribution in [0.2, 0.25) is 0 Å². The van der Waals surface area contributed by atoms with Crippen LogP contribution >= 0.6 is 0 Å². The van der Waals surface area contributed by atoms with Crippen LogP contribution in [0, 0.1) is 13.8 Å². The third kappa shape index (κ3) is 8.30. The maximum atomic E-state index is 13.2. The minimum absolute atomic E-state index is 0.161. The van der Waals surface area contributed by atoms with E-state index in [1.807, 2.05) is 13.0 Å². The average molecular weight is 572 g/mol. The van der Waals surface area contributed by atoms with Crippen LogP contribution in [0.3, 0.4) is 0 Å². The number of hydrogen-bond donors (Lipinski definition) is 4. The number of benzene rings is 1. The molecule has 1 aromatic carbocycles. The number of carbonyl (C=O) groups is 2. The number of pyridine rings is 1. The molecule has 1 aromatic heterocycles. The van der Waals surface area contributed by atoms with Crippen molar-refractivity contribution in [3.63, 3.8) is 0 Å². The number of sulfonamides is 1. The number of anilines is 2. The lowest BCUT2D eigenvalue weighted by Crippen LogP contribution is -2.45. The van der Waals surface area contributed by atoms with E-state index in [0.29, 0.717) is 16.9 Å². The second-order valence-electron chi connectivity index (χ2n) is 9.46. The Morgan fingerprint density at radius 2 is 1.72 bits per heavy atom. The summed E-state index contributed by atoms with van der Waals surface area (Å²) in [6, 6.07) is 6.97. The molecule has 0 unspecified atom stereocenters. The van der Waals surface area contributed by atoms with Crippen LogP contribution in [-0.2, 0) is 14.8 Å². The van der Waals surface area contributed by atoms with Crippen molar-refractivity contribution in [3.05, 3.63) is 47.2 Å². The Hall–Kier alpha value is -3.39. The van der Waals surface area contributed by atoms with Gasteiger partial charge in [-0.3, -0.25) is 9.52 Å². The van der Waals surface area contributed by atoms with E-state index in [2.05, 4.69) is 25.2 Å². The number of aromatic nitrogens is 1. The lowest BCUT2D eigenvalue weighted by atomic mass is 10.1. The first-order valence-corrected chi connectivity index (χ1v) is 13.9. The minimum atomic E-state index is -5.08. The maximum Gasteiger partial charge on any atom is 0.490 e. The predicted molar refractivity (Wildman–Crippen MR) is 139 cm³/mol. The van der Waals surface area contributed by atoms with Crippen LogP contribution < -0.4 is 20.3 Å². The van der Waals surface area contributed by atoms with Gasteiger partial charge in [-0.25, -0.2) is 18.2 Å². The van der Waals surface area contributed by atoms with Crippen molar-refractivity contribution >= 4 is 33.4 Å². The second-order valence-corrected chi connectivity index (χ2v) is 11.1. The highest BCUT2D eigenvalue weighted by atomic mass is 32.2. The molecule has 14 heteroatoms. The zero-order valence-corrected chi connectivity index (χ0v) is 22.5. The number of nitrogens with one attached hydrogen (secondary N) is 3. The first kappa shape index (κ1) is 30.2. The zero-order valence-electron chi connectivity index (χ0n) is 21.6. The Bertz CT molecular complexity index is 1290. The van der Waals surface area contributed by atoms with Gasteiger partial charge >= 0.3 is 12.1 Å². The number of halogens is 3. The predicted octanol–water partition coefficient (Wildman–Crippen LogP) is 3.21. The first-order valence-electron chi connectivity index (χ1n) is 12.4. The topological polar surface area (TPSA) is 141 Å². The molecule has 1 aliphatic heterocycles. The van der Waals surface area contributed by atoms with Gasteiger partial charge in [0.1, 0.15) is 5.82 Å². The number of nitrogens with zero attached hydrogens (tertiary/aromatic N) is 2. The molecule has 39 heavy (non-hydrogen) atoms. The fourth-order valence-corrected chi connectivity index (χ4v) is 5.72. The molecule has 1 aliphatic carbocycles. The van der Waals surface area contributed by atoms with Gasteiger partial charge in [-0.15, -0.1) is 0 Å². The molecule has 1 saturated heterocycles. The molecular formula is C25H32F3N5O5S. The molecule has 4 rings (SSSR count). The number of aryl methyl sites for hydroxylation is 2. The molecule has 2 fully saturated rings. The van der Waals surface area contributed by atoms with Crippen LogP contribution in [-0.4, -0.2) is 68.8 Å². The van der Waals surface area contributed by atoms with Gasteiger partial charge in [-0.2, -0.15) is 13.2 Å². The van der Waals surface area contributed by atoms with Crippen molar-refractivity contribution in [3.8, 4) is 0 Å². The van der Waals surface area contributed by atoms with E-state index < -0.39 is 22.2 Å². The molecule has 1 amide bonds. The van der Waals surface area contributed by atoms with E-state index >= 15 is 0 Å². The Labute approximate surface area is 225 Å². The summed E-state index contributed by atoms with van der Waals surface area (Å²) in [4.78, 5) is 28.9. The van der Waals surface area contributed by atoms with Crippen LogP contribution in [0.1, 0.15) is 47.2 Å². The average Bonchev–Trinajstić information content (AvgIpc) is 3.37. The van der Waals surface area contributed by atoms with Crippen molar-refractivity contribution in [2.75, 3.05) is 35.8 Å². The monoisotopic (exact) mass is 571 g/mol. The summed E-state index contributed by atoms with van der Waals surface area (Å²) in [6.07, 6.45) is 0.584. The lowest BCUT2D eigenvalue weighted by molar-refractivity contribution is -0.192. The number of rotatable bonds is 6. The molecule has 1 saturated carbocycles. The number of hydrogen-bond acceptors (Lipinski definition) is 7. The number of alkyl halides is 3. The molecule has 2 heterocycles. The molecular weight excluding hydrogens is 539 g/mol. The molecule has 214 valence electrons. The number of carbonyl (C=O) groups excluding carboxylic acids is 1. The van der Waals surface area contributed by atoms with Crippen molar-refractivity contribution in [1.29, 1.82) is 0 Å². The summed E-state index contributed by atoms with van der Waals surface area (Å²) in [5.74, 6) is -2.37. The van der Waals surface area contributed by atoms with Crippen molar-refractivity contribution in [1.82, 2.24) is 15.6 Å². The van der Waals surface area contributed by atoms with Gasteiger partial charge in [0.15, 0.2) is 0 Å². The number of carboxylic acid groups (broad SMARTS) is 1. The summed E-state index contributed by atoms with van der Waals surface area (Å²) in [7, 11) is -3.81. The zero-order chi connectivity index (χ0) is 28.8. The van der Waals surface area contributed by atoms with Crippen LogP contribution in [0.4, 0.5) is 24.7 Å². The van der Waals surface area contributed by atoms with Crippen LogP contribution in [0.25, 0.3) is 0 Å². The molecule has 0 atom stereocenters. The van der Waals surface area contributed by atoms with Gasteiger partial charge < -0.3 is 20.6 Å². The Morgan fingerprint density at radius 3 is 2.28 bits per heavy atom. The van der Waals surface area contributed by atoms with Gasteiger partial charge in [0, 0.05) is 32.2 Å². The van der Waals surface area contributed by atoms with Gasteiger partial charge in [0.05, 0.1) is 22.3 Å². The van der Waals surface area contributed by atoms with E-state index in [4.69, 9.17) is 9.90 Å². The van der Waals surface area contributed by atoms with Gasteiger partial charge in [0.2, 0.25) is 0 Å². The fourth-order valence-electron chi connectivity index (χ4n) is 4.45. The Kier molecular flexibility index (Phi) is 9.78. The van der Waals surface area contributed by atoms with E-state index in [0.717, 1.165) is 57.4 Å². The molecule has 2 aliphatic rings.